The summed E-state index contributed by atoms with van der Waals surface area (Å²) in [5.74, 6) is 1.75. The first kappa shape index (κ1) is 14.0. The van der Waals surface area contributed by atoms with E-state index in [1.54, 1.807) is 6.33 Å². The second kappa shape index (κ2) is 5.32. The lowest BCUT2D eigenvalue weighted by molar-refractivity contribution is 0.630. The molecule has 4 nitrogen and oxygen atoms in total. The molecule has 0 aliphatic heterocycles. The van der Waals surface area contributed by atoms with Crippen molar-refractivity contribution in [3.8, 4) is 5.82 Å². The van der Waals surface area contributed by atoms with Crippen LogP contribution in [0.25, 0.3) is 5.82 Å². The maximum absolute atomic E-state index is 4.61. The van der Waals surface area contributed by atoms with Gasteiger partial charge in [-0.15, -0.1) is 0 Å². The second-order valence-electron chi connectivity index (χ2n) is 4.95. The smallest absolute Gasteiger partial charge is 0.141 e. The van der Waals surface area contributed by atoms with Crippen LogP contribution < -0.4 is 5.32 Å². The Morgan fingerprint density at radius 1 is 1.22 bits per heavy atom. The number of halogens is 2. The summed E-state index contributed by atoms with van der Waals surface area (Å²) < 4.78 is 4.05. The third-order valence-corrected chi connectivity index (χ3v) is 5.00. The van der Waals surface area contributed by atoms with Crippen LogP contribution in [-0.4, -0.2) is 20.1 Å². The van der Waals surface area contributed by atoms with E-state index in [9.17, 15) is 0 Å². The van der Waals surface area contributed by atoms with E-state index in [4.69, 9.17) is 0 Å². The van der Waals surface area contributed by atoms with E-state index in [-0.39, 0.29) is 5.54 Å². The average Bonchev–Trinajstić information content (AvgIpc) is 2.58. The van der Waals surface area contributed by atoms with Gasteiger partial charge in [-0.2, -0.15) is 0 Å². The van der Waals surface area contributed by atoms with E-state index >= 15 is 0 Å². The molecule has 0 unspecified atom stereocenters. The Kier molecular flexibility index (Phi) is 4.15. The zero-order valence-corrected chi connectivity index (χ0v) is 14.7. The quantitative estimate of drug-likeness (QED) is 0.685. The number of pyridine rings is 1. The fraction of sp³-hybridized carbons (Fsp3) is 0.333. The molecule has 0 saturated carbocycles. The van der Waals surface area contributed by atoms with Crippen LogP contribution in [0, 0.1) is 7.40 Å². The Bertz CT molecular complexity index is 557. The van der Waals surface area contributed by atoms with Crippen LogP contribution in [0.15, 0.2) is 24.5 Å². The van der Waals surface area contributed by atoms with Gasteiger partial charge < -0.3 is 5.32 Å². The third-order valence-electron chi connectivity index (χ3n) is 2.15. The van der Waals surface area contributed by atoms with Crippen molar-refractivity contribution >= 4 is 51.0 Å². The number of imidazole rings is 1. The largest absolute Gasteiger partial charge is 0.365 e. The lowest BCUT2D eigenvalue weighted by Crippen LogP contribution is -2.26. The van der Waals surface area contributed by atoms with E-state index in [1.165, 1.54) is 0 Å². The molecule has 2 aromatic rings. The van der Waals surface area contributed by atoms with Crippen LogP contribution in [0.2, 0.25) is 0 Å². The Labute approximate surface area is 134 Å². The molecule has 18 heavy (non-hydrogen) atoms. The summed E-state index contributed by atoms with van der Waals surface area (Å²) in [5, 5.41) is 3.37. The lowest BCUT2D eigenvalue weighted by Gasteiger charge is -2.21. The summed E-state index contributed by atoms with van der Waals surface area (Å²) in [5.41, 5.74) is 0.00212. The van der Waals surface area contributed by atoms with Gasteiger partial charge in [-0.05, 0) is 78.1 Å². The SMILES string of the molecule is CC(C)(C)Nc1cccc(-n2cnc(I)c2I)n1. The van der Waals surface area contributed by atoms with Crippen molar-refractivity contribution in [1.82, 2.24) is 14.5 Å². The standard InChI is InChI=1S/C12H14I2N4/c1-12(2,3)17-8-5-4-6-9(16-8)18-7-15-10(13)11(18)14/h4-7H,1-3H3,(H,16,17). The fourth-order valence-corrected chi connectivity index (χ4v) is 2.38. The van der Waals surface area contributed by atoms with Gasteiger partial charge in [-0.25, -0.2) is 9.97 Å². The highest BCUT2D eigenvalue weighted by molar-refractivity contribution is 14.1. The number of nitrogens with one attached hydrogen (secondary N) is 1. The van der Waals surface area contributed by atoms with Crippen molar-refractivity contribution in [3.63, 3.8) is 0 Å². The second-order valence-corrected chi connectivity index (χ2v) is 7.00. The van der Waals surface area contributed by atoms with Crippen LogP contribution in [0.1, 0.15) is 20.8 Å². The molecule has 6 heteroatoms. The molecule has 2 heterocycles. The van der Waals surface area contributed by atoms with Gasteiger partial charge in [-0.3, -0.25) is 4.57 Å². The maximum atomic E-state index is 4.61. The predicted octanol–water partition coefficient (Wildman–Crippen LogP) is 3.69. The molecule has 0 spiro atoms. The average molecular weight is 468 g/mol. The lowest BCUT2D eigenvalue weighted by atomic mass is 10.1. The van der Waals surface area contributed by atoms with Crippen molar-refractivity contribution in [2.45, 2.75) is 26.3 Å². The van der Waals surface area contributed by atoms with Crippen LogP contribution >= 0.6 is 45.2 Å². The molecule has 0 radical (unpaired) electrons. The highest BCUT2D eigenvalue weighted by Crippen LogP contribution is 2.19. The Balaban J connectivity index is 2.36. The van der Waals surface area contributed by atoms with Crippen molar-refractivity contribution < 1.29 is 0 Å². The van der Waals surface area contributed by atoms with E-state index in [1.807, 2.05) is 22.8 Å². The van der Waals surface area contributed by atoms with E-state index < -0.39 is 0 Å². The molecule has 0 atom stereocenters. The van der Waals surface area contributed by atoms with E-state index in [2.05, 4.69) is 81.2 Å². The molecule has 2 aromatic heterocycles. The maximum Gasteiger partial charge on any atom is 0.141 e. The summed E-state index contributed by atoms with van der Waals surface area (Å²) >= 11 is 4.50. The number of hydrogen-bond donors (Lipinski definition) is 1. The molecule has 0 aliphatic rings. The van der Waals surface area contributed by atoms with E-state index in [0.717, 1.165) is 19.0 Å². The topological polar surface area (TPSA) is 42.7 Å². The van der Waals surface area contributed by atoms with Crippen LogP contribution in [0.5, 0.6) is 0 Å². The minimum absolute atomic E-state index is 0.00212. The highest BCUT2D eigenvalue weighted by Gasteiger charge is 2.12. The number of hydrogen-bond acceptors (Lipinski definition) is 3. The van der Waals surface area contributed by atoms with Crippen molar-refractivity contribution in [2.24, 2.45) is 0 Å². The first-order chi connectivity index (χ1) is 8.37. The predicted molar refractivity (Wildman–Crippen MR) is 90.2 cm³/mol. The van der Waals surface area contributed by atoms with Crippen molar-refractivity contribution in [2.75, 3.05) is 5.32 Å². The molecule has 1 N–H and O–H groups in total. The van der Waals surface area contributed by atoms with Crippen molar-refractivity contribution in [3.05, 3.63) is 31.9 Å². The number of anilines is 1. The highest BCUT2D eigenvalue weighted by atomic mass is 127. The summed E-state index contributed by atoms with van der Waals surface area (Å²) in [6, 6.07) is 5.95. The van der Waals surface area contributed by atoms with Gasteiger partial charge >= 0.3 is 0 Å². The van der Waals surface area contributed by atoms with E-state index in [0.29, 0.717) is 0 Å². The Morgan fingerprint density at radius 2 is 1.94 bits per heavy atom. The van der Waals surface area contributed by atoms with Gasteiger partial charge in [0, 0.05) is 5.54 Å². The molecule has 0 aliphatic carbocycles. The molecular formula is C12H14I2N4. The summed E-state index contributed by atoms with van der Waals surface area (Å²) in [7, 11) is 0. The van der Waals surface area contributed by atoms with Crippen LogP contribution in [0.4, 0.5) is 5.82 Å². The molecule has 96 valence electrons. The van der Waals surface area contributed by atoms with Gasteiger partial charge in [0.1, 0.15) is 25.4 Å². The van der Waals surface area contributed by atoms with Crippen LogP contribution in [0.3, 0.4) is 0 Å². The Hall–Kier alpha value is -0.380. The summed E-state index contributed by atoms with van der Waals surface area (Å²) in [4.78, 5) is 8.88. The fourth-order valence-electron chi connectivity index (χ4n) is 1.48. The number of aromatic nitrogens is 3. The minimum atomic E-state index is 0.00212. The molecule has 0 saturated heterocycles. The zero-order chi connectivity index (χ0) is 13.3. The van der Waals surface area contributed by atoms with Gasteiger partial charge in [0.15, 0.2) is 0 Å². The molecule has 0 amide bonds. The zero-order valence-electron chi connectivity index (χ0n) is 10.4. The van der Waals surface area contributed by atoms with Gasteiger partial charge in [0.2, 0.25) is 0 Å². The first-order valence-electron chi connectivity index (χ1n) is 5.51. The molecule has 2 rings (SSSR count). The molecule has 0 aromatic carbocycles. The summed E-state index contributed by atoms with van der Waals surface area (Å²) in [6.07, 6.45) is 1.80. The molecule has 0 bridgehead atoms. The summed E-state index contributed by atoms with van der Waals surface area (Å²) in [6.45, 7) is 6.35. The first-order valence-corrected chi connectivity index (χ1v) is 7.66. The molecular weight excluding hydrogens is 454 g/mol. The third kappa shape index (κ3) is 3.34. The number of nitrogens with zero attached hydrogens (tertiary/aromatic N) is 3. The monoisotopic (exact) mass is 468 g/mol. The normalized spacial score (nSPS) is 11.6. The molecule has 0 fully saturated rings. The van der Waals surface area contributed by atoms with Gasteiger partial charge in [0.25, 0.3) is 0 Å². The van der Waals surface area contributed by atoms with Gasteiger partial charge in [-0.1, -0.05) is 6.07 Å². The Morgan fingerprint density at radius 3 is 2.50 bits per heavy atom. The number of rotatable bonds is 2. The van der Waals surface area contributed by atoms with Crippen molar-refractivity contribution in [1.29, 1.82) is 0 Å². The minimum Gasteiger partial charge on any atom is -0.365 e. The van der Waals surface area contributed by atoms with Crippen LogP contribution in [-0.2, 0) is 0 Å². The van der Waals surface area contributed by atoms with Gasteiger partial charge in [0.05, 0.1) is 0 Å².